The Labute approximate surface area is 178 Å². The van der Waals surface area contributed by atoms with Crippen LogP contribution in [-0.4, -0.2) is 16.7 Å². The summed E-state index contributed by atoms with van der Waals surface area (Å²) in [7, 11) is 0. The van der Waals surface area contributed by atoms with Gasteiger partial charge in [0.1, 0.15) is 11.5 Å². The number of ketones is 1. The fourth-order valence-electron chi connectivity index (χ4n) is 2.90. The van der Waals surface area contributed by atoms with E-state index in [9.17, 15) is 19.7 Å². The van der Waals surface area contributed by atoms with E-state index in [1.165, 1.54) is 42.5 Å². The summed E-state index contributed by atoms with van der Waals surface area (Å²) >= 11 is 3.30. The summed E-state index contributed by atoms with van der Waals surface area (Å²) in [4.78, 5) is 35.4. The van der Waals surface area contributed by atoms with Gasteiger partial charge >= 0.3 is 5.97 Å². The number of fused-ring (bicyclic) bond motifs is 1. The normalized spacial score (nSPS) is 13.6. The van der Waals surface area contributed by atoms with Crippen molar-refractivity contribution in [3.8, 4) is 11.5 Å². The number of hydrogen-bond acceptors (Lipinski definition) is 6. The maximum Gasteiger partial charge on any atom is 0.344 e. The van der Waals surface area contributed by atoms with Gasteiger partial charge in [-0.2, -0.15) is 0 Å². The predicted molar refractivity (Wildman–Crippen MR) is 112 cm³/mol. The molecule has 0 radical (unpaired) electrons. The molecule has 0 bridgehead atoms. The van der Waals surface area contributed by atoms with Crippen LogP contribution in [0.3, 0.4) is 0 Å². The van der Waals surface area contributed by atoms with Crippen LogP contribution in [0.1, 0.15) is 26.3 Å². The molecule has 7 nitrogen and oxygen atoms in total. The lowest BCUT2D eigenvalue weighted by Gasteiger charge is -2.06. The first-order chi connectivity index (χ1) is 14.4. The molecule has 0 amide bonds. The van der Waals surface area contributed by atoms with Gasteiger partial charge in [-0.15, -0.1) is 0 Å². The van der Waals surface area contributed by atoms with Gasteiger partial charge in [0.2, 0.25) is 5.78 Å². The van der Waals surface area contributed by atoms with E-state index in [4.69, 9.17) is 9.47 Å². The molecule has 1 aliphatic rings. The van der Waals surface area contributed by atoms with Gasteiger partial charge in [-0.25, -0.2) is 4.79 Å². The number of ether oxygens (including phenoxy) is 2. The Kier molecular flexibility index (Phi) is 5.16. The third-order valence-corrected chi connectivity index (χ3v) is 5.02. The lowest BCUT2D eigenvalue weighted by Crippen LogP contribution is -2.09. The van der Waals surface area contributed by atoms with E-state index in [1.807, 2.05) is 0 Å². The smallest absolute Gasteiger partial charge is 0.344 e. The molecule has 1 heterocycles. The van der Waals surface area contributed by atoms with E-state index in [2.05, 4.69) is 15.9 Å². The average Bonchev–Trinajstić information content (AvgIpc) is 3.03. The van der Waals surface area contributed by atoms with Crippen molar-refractivity contribution in [2.24, 2.45) is 0 Å². The maximum absolute atomic E-state index is 12.6. The van der Waals surface area contributed by atoms with Crippen molar-refractivity contribution in [1.82, 2.24) is 0 Å². The lowest BCUT2D eigenvalue weighted by atomic mass is 10.1. The fraction of sp³-hybridized carbons (Fsp3) is 0. The number of rotatable bonds is 4. The molecule has 0 saturated carbocycles. The van der Waals surface area contributed by atoms with Crippen LogP contribution in [0.5, 0.6) is 11.5 Å². The summed E-state index contributed by atoms with van der Waals surface area (Å²) in [5.74, 6) is -0.424. The second-order valence-corrected chi connectivity index (χ2v) is 7.17. The summed E-state index contributed by atoms with van der Waals surface area (Å²) in [5.41, 5.74) is 1.04. The molecule has 8 heteroatoms. The number of carbonyl (C=O) groups excluding carboxylic acids is 2. The van der Waals surface area contributed by atoms with Crippen LogP contribution in [0.25, 0.3) is 6.08 Å². The van der Waals surface area contributed by atoms with Gasteiger partial charge in [-0.1, -0.05) is 24.3 Å². The van der Waals surface area contributed by atoms with Gasteiger partial charge in [0.25, 0.3) is 5.69 Å². The van der Waals surface area contributed by atoms with Crippen molar-refractivity contribution in [3.05, 3.63) is 104 Å². The van der Waals surface area contributed by atoms with Crippen LogP contribution in [0.4, 0.5) is 5.69 Å². The summed E-state index contributed by atoms with van der Waals surface area (Å²) in [6.45, 7) is 0. The molecule has 0 unspecified atom stereocenters. The molecule has 0 aliphatic carbocycles. The number of esters is 1. The second-order valence-electron chi connectivity index (χ2n) is 6.32. The maximum atomic E-state index is 12.6. The standard InChI is InChI=1S/C22H12BrNO6/c23-18-7-2-1-6-16(18)22(26)29-15-8-9-17-19(12-15)30-20(21(17)25)11-13-4-3-5-14(10-13)24(27)28/h1-12H/b20-11-. The summed E-state index contributed by atoms with van der Waals surface area (Å²) < 4.78 is 11.6. The zero-order valence-corrected chi connectivity index (χ0v) is 16.8. The van der Waals surface area contributed by atoms with Crippen LogP contribution in [0.2, 0.25) is 0 Å². The molecule has 4 rings (SSSR count). The van der Waals surface area contributed by atoms with E-state index >= 15 is 0 Å². The summed E-state index contributed by atoms with van der Waals surface area (Å²) in [6, 6.07) is 17.2. The van der Waals surface area contributed by atoms with E-state index < -0.39 is 10.9 Å². The van der Waals surface area contributed by atoms with E-state index in [0.29, 0.717) is 21.2 Å². The topological polar surface area (TPSA) is 95.7 Å². The number of allylic oxidation sites excluding steroid dienone is 1. The second kappa shape index (κ2) is 7.92. The van der Waals surface area contributed by atoms with Crippen LogP contribution < -0.4 is 9.47 Å². The Morgan fingerprint density at radius 2 is 1.87 bits per heavy atom. The number of benzene rings is 3. The third-order valence-electron chi connectivity index (χ3n) is 4.32. The number of hydrogen-bond donors (Lipinski definition) is 0. The first-order valence-electron chi connectivity index (χ1n) is 8.72. The van der Waals surface area contributed by atoms with Gasteiger partial charge in [0.05, 0.1) is 16.1 Å². The van der Waals surface area contributed by atoms with Gasteiger partial charge < -0.3 is 9.47 Å². The molecule has 0 fully saturated rings. The van der Waals surface area contributed by atoms with Crippen LogP contribution in [0.15, 0.2) is 77.0 Å². The molecular weight excluding hydrogens is 454 g/mol. The number of Topliss-reactive ketones (excluding diaryl/α,β-unsaturated/α-hetero) is 1. The molecule has 1 aliphatic heterocycles. The Hall–Kier alpha value is -3.78. The van der Waals surface area contributed by atoms with Crippen molar-refractivity contribution in [1.29, 1.82) is 0 Å². The SMILES string of the molecule is O=C(Oc1ccc2c(c1)O/C(=C\c1cccc([N+](=O)[O-])c1)C2=O)c1ccccc1Br. The first-order valence-corrected chi connectivity index (χ1v) is 9.51. The van der Waals surface area contributed by atoms with Gasteiger partial charge in [-0.3, -0.25) is 14.9 Å². The molecular formula is C22H12BrNO6. The van der Waals surface area contributed by atoms with E-state index in [0.717, 1.165) is 0 Å². The number of carbonyl (C=O) groups is 2. The van der Waals surface area contributed by atoms with Crippen molar-refractivity contribution in [2.75, 3.05) is 0 Å². The average molecular weight is 466 g/mol. The lowest BCUT2D eigenvalue weighted by molar-refractivity contribution is -0.384. The summed E-state index contributed by atoms with van der Waals surface area (Å²) in [5, 5.41) is 10.9. The van der Waals surface area contributed by atoms with Crippen LogP contribution in [0, 0.1) is 10.1 Å². The molecule has 30 heavy (non-hydrogen) atoms. The van der Waals surface area contributed by atoms with E-state index in [-0.39, 0.29) is 28.7 Å². The molecule has 0 saturated heterocycles. The monoisotopic (exact) mass is 465 g/mol. The molecule has 0 atom stereocenters. The quantitative estimate of drug-likeness (QED) is 0.173. The molecule has 3 aromatic rings. The zero-order chi connectivity index (χ0) is 21.3. The van der Waals surface area contributed by atoms with Gasteiger partial charge in [-0.05, 0) is 51.8 Å². The predicted octanol–water partition coefficient (Wildman–Crippen LogP) is 5.19. The number of halogens is 1. The first kappa shape index (κ1) is 19.5. The Bertz CT molecular complexity index is 1230. The van der Waals surface area contributed by atoms with Crippen molar-refractivity contribution in [2.45, 2.75) is 0 Å². The Morgan fingerprint density at radius 1 is 1.07 bits per heavy atom. The third kappa shape index (κ3) is 3.85. The molecule has 3 aromatic carbocycles. The van der Waals surface area contributed by atoms with Gasteiger partial charge in [0.15, 0.2) is 5.76 Å². The Balaban J connectivity index is 1.57. The molecule has 0 aromatic heterocycles. The minimum absolute atomic E-state index is 0.0276. The zero-order valence-electron chi connectivity index (χ0n) is 15.2. The minimum atomic E-state index is -0.556. The highest BCUT2D eigenvalue weighted by molar-refractivity contribution is 9.10. The van der Waals surface area contributed by atoms with Crippen molar-refractivity contribution in [3.63, 3.8) is 0 Å². The van der Waals surface area contributed by atoms with Crippen molar-refractivity contribution >= 4 is 39.4 Å². The number of nitro groups is 1. The number of nitrogens with zero attached hydrogens (tertiary/aromatic N) is 1. The number of non-ortho nitro benzene ring substituents is 1. The van der Waals surface area contributed by atoms with Crippen LogP contribution in [-0.2, 0) is 0 Å². The largest absolute Gasteiger partial charge is 0.452 e. The highest BCUT2D eigenvalue weighted by atomic mass is 79.9. The molecule has 148 valence electrons. The minimum Gasteiger partial charge on any atom is -0.452 e. The molecule has 0 N–H and O–H groups in total. The summed E-state index contributed by atoms with van der Waals surface area (Å²) in [6.07, 6.45) is 1.43. The highest BCUT2D eigenvalue weighted by Crippen LogP contribution is 2.35. The number of nitro benzene ring substituents is 1. The van der Waals surface area contributed by atoms with E-state index in [1.54, 1.807) is 30.3 Å². The Morgan fingerprint density at radius 3 is 2.63 bits per heavy atom. The van der Waals surface area contributed by atoms with Gasteiger partial charge in [0, 0.05) is 22.7 Å². The molecule has 0 spiro atoms. The highest BCUT2D eigenvalue weighted by Gasteiger charge is 2.28. The van der Waals surface area contributed by atoms with Crippen LogP contribution >= 0.6 is 15.9 Å². The fourth-order valence-corrected chi connectivity index (χ4v) is 3.35. The van der Waals surface area contributed by atoms with Crippen molar-refractivity contribution < 1.29 is 24.0 Å².